The number of piperidine rings is 2. The highest BCUT2D eigenvalue weighted by atomic mass is 35.5. The molecule has 0 aromatic heterocycles. The fraction of sp³-hybridized carbons (Fsp3) is 0.468. The van der Waals surface area contributed by atoms with E-state index >= 15 is 0 Å². The number of carboxylic acid groups (broad SMARTS) is 1. The first-order valence-corrected chi connectivity index (χ1v) is 49.1. The summed E-state index contributed by atoms with van der Waals surface area (Å²) in [6.07, 6.45) is 3.99. The van der Waals surface area contributed by atoms with E-state index in [4.69, 9.17) is 50.9 Å². The maximum Gasteiger partial charge on any atom is 0.501 e. The van der Waals surface area contributed by atoms with Crippen LogP contribution < -0.4 is 42.5 Å². The molecule has 3 atom stereocenters. The summed E-state index contributed by atoms with van der Waals surface area (Å²) in [5, 5.41) is 25.9. The third kappa shape index (κ3) is 31.1. The third-order valence-electron chi connectivity index (χ3n) is 22.8. The topological polar surface area (TPSA) is 463 Å². The van der Waals surface area contributed by atoms with Gasteiger partial charge in [0.15, 0.2) is 27.2 Å². The number of fused-ring (bicyclic) bond motifs is 2. The van der Waals surface area contributed by atoms with E-state index in [0.29, 0.717) is 95.4 Å². The van der Waals surface area contributed by atoms with Gasteiger partial charge in [-0.05, 0) is 160 Å². The van der Waals surface area contributed by atoms with Crippen LogP contribution in [-0.4, -0.2) is 312 Å². The lowest BCUT2D eigenvalue weighted by atomic mass is 9.73. The van der Waals surface area contributed by atoms with Gasteiger partial charge in [0.25, 0.3) is 33.5 Å². The average Bonchev–Trinajstić information content (AvgIpc) is 1.70. The van der Waals surface area contributed by atoms with E-state index in [2.05, 4.69) is 72.6 Å². The predicted molar refractivity (Wildman–Crippen MR) is 502 cm³/mol. The van der Waals surface area contributed by atoms with Crippen molar-refractivity contribution in [2.24, 2.45) is 11.1 Å². The number of nitrogens with one attached hydrogen (secondary N) is 6. The molecular weight excluding hydrogens is 1850 g/mol. The van der Waals surface area contributed by atoms with Gasteiger partial charge in [-0.25, -0.2) is 21.6 Å². The summed E-state index contributed by atoms with van der Waals surface area (Å²) >= 11 is 7.66. The number of rotatable bonds is 44. The molecule has 0 radical (unpaired) electrons. The molecule has 4 saturated heterocycles. The Bertz CT molecular complexity index is 5350. The number of thioether (sulfide) groups is 1. The quantitative estimate of drug-likeness (QED) is 0.00772. The van der Waals surface area contributed by atoms with Gasteiger partial charge >= 0.3 is 11.5 Å². The number of aliphatic carboxylic acids is 1. The van der Waals surface area contributed by atoms with Crippen LogP contribution in [0, 0.1) is 5.41 Å². The van der Waals surface area contributed by atoms with Gasteiger partial charge in [-0.1, -0.05) is 73.5 Å². The average molecular weight is 1970 g/mol. The number of carboxylic acids is 1. The monoisotopic (exact) mass is 1970 g/mol. The molecule has 2 unspecified atom stereocenters. The zero-order valence-electron chi connectivity index (χ0n) is 76.2. The molecule has 9 N–H and O–H groups in total. The Morgan fingerprint density at radius 3 is 1.62 bits per heavy atom. The number of ether oxygens (including phenoxy) is 6. The number of carbonyl (C=O) groups excluding carboxylic acids is 11. The zero-order valence-corrected chi connectivity index (χ0v) is 79.4. The van der Waals surface area contributed by atoms with Gasteiger partial charge < -0.3 is 70.3 Å². The number of carbonyl (C=O) groups is 12. The van der Waals surface area contributed by atoms with Gasteiger partial charge in [0.2, 0.25) is 23.6 Å². The number of allylic oxidation sites excluding steroid dienone is 1. The van der Waals surface area contributed by atoms with Crippen LogP contribution in [0.5, 0.6) is 0 Å². The highest BCUT2D eigenvalue weighted by molar-refractivity contribution is 7.99. The van der Waals surface area contributed by atoms with Crippen LogP contribution in [0.15, 0.2) is 154 Å². The second kappa shape index (κ2) is 51.6. The predicted octanol–water partition coefficient (Wildman–Crippen LogP) is 8.25. The first-order valence-electron chi connectivity index (χ1n) is 44.6. The standard InChI is InChI=1S/C48H57ClF3N5O5S3.C20H23N3O7.C19H21N3O8.C7H15NO3/c1-47(2)20-18-43(35-8-12-38(49)13-9-35)37(31-47)32-56-26-28-57(29-27-56)40-14-10-36(11-15-40)45(58)34-64(59,60)42-16-17-44(46(30-42)65(61,62)48(50,51)52)54-39(19-23-55-24-21-53-22-25-55)33-63-41-6-4-3-5-7-41;1-12(24)11-30-10-9-29-8-7-21-14-4-2-3-13-17(14)20(28)23(19(13)27)15-5-6-16(25)22-18(15)26;23-14-5-4-13(17(26)21-14)22-18(27)11-2-1-3-12(16(11)19(22)28)20-6-7-29-8-9-30-10-15(24)25;1-7(9)6-11-5-4-10-3-2-8/h3-17,30,39,53-54H,18-29,31-34H2,1-2H3;2-4,15,21H,5-11H2,1H3,(H,22,25,26);1-3,13,20H,4-10H2,(H,24,25)(H,21,23,26);2-6,8H2,1H3/t39-;;;/m1.../s1. The van der Waals surface area contributed by atoms with E-state index < -0.39 is 124 Å². The Morgan fingerprint density at radius 1 is 0.596 bits per heavy atom. The van der Waals surface area contributed by atoms with Crippen molar-refractivity contribution in [1.82, 2.24) is 35.6 Å². The lowest BCUT2D eigenvalue weighted by molar-refractivity contribution is -0.143. The smallest absolute Gasteiger partial charge is 0.480 e. The normalized spacial score (nSPS) is 17.7. The molecule has 6 aromatic carbocycles. The van der Waals surface area contributed by atoms with E-state index in [1.54, 1.807) is 48.5 Å². The second-order valence-corrected chi connectivity index (χ2v) is 39.1. The van der Waals surface area contributed by atoms with Crippen LogP contribution in [0.25, 0.3) is 5.57 Å². The summed E-state index contributed by atoms with van der Waals surface area (Å²) in [4.78, 5) is 151. The van der Waals surface area contributed by atoms with Crippen LogP contribution in [0.1, 0.15) is 136 Å². The van der Waals surface area contributed by atoms with Crippen LogP contribution in [-0.2, 0) is 81.7 Å². The molecule has 35 nitrogen and oxygen atoms in total. The number of Topliss-reactive ketones (excluding diaryl/α,β-unsaturated/α-hetero) is 3. The van der Waals surface area contributed by atoms with Gasteiger partial charge in [-0.2, -0.15) is 13.2 Å². The number of benzene rings is 6. The number of nitrogens with zero attached hydrogens (tertiary/aromatic N) is 5. The van der Waals surface area contributed by atoms with E-state index in [1.807, 2.05) is 42.5 Å². The molecule has 136 heavy (non-hydrogen) atoms. The van der Waals surface area contributed by atoms with E-state index in [0.717, 1.165) is 116 Å². The van der Waals surface area contributed by atoms with Crippen LogP contribution >= 0.6 is 23.4 Å². The Hall–Kier alpha value is -10.8. The largest absolute Gasteiger partial charge is 0.501 e. The summed E-state index contributed by atoms with van der Waals surface area (Å²) in [6.45, 7) is 19.6. The van der Waals surface area contributed by atoms with Crippen molar-refractivity contribution in [2.45, 2.75) is 117 Å². The summed E-state index contributed by atoms with van der Waals surface area (Å²) in [5.74, 6) is -6.92. The minimum absolute atomic E-state index is 0.0313. The molecule has 7 aliphatic rings. The molecule has 6 aliphatic heterocycles. The Morgan fingerprint density at radius 2 is 1.12 bits per heavy atom. The zero-order chi connectivity index (χ0) is 98.3. The molecule has 13 rings (SSSR count). The first kappa shape index (κ1) is 107. The van der Waals surface area contributed by atoms with E-state index in [9.17, 15) is 87.5 Å². The summed E-state index contributed by atoms with van der Waals surface area (Å²) < 4.78 is 127. The van der Waals surface area contributed by atoms with Crippen LogP contribution in [0.4, 0.5) is 35.9 Å². The molecular formula is C94H116ClF3N12O23S3. The van der Waals surface area contributed by atoms with Crippen molar-refractivity contribution in [2.75, 3.05) is 197 Å². The SMILES string of the molecule is CC(=O)COCCOCCN.CC(=O)COCCOCCNc1cccc2c1C(=O)N(C1CCC(=O)NC1=O)C2=O.CC1(C)CCC(c2ccc(Cl)cc2)=C(CN2CCN(c3ccc(C(=O)CS(=O)(=O)c4ccc(N[C@H](CCN5CCNCC5)CSc5ccccc5)c(S(=O)(=O)C(F)(F)F)c4)cc3)CC2)C1.O=C(O)COCCOCCNc1cccc2c1C(=O)N(C1CCC(=O)NC1=O)C2=O. The van der Waals surface area contributed by atoms with Crippen molar-refractivity contribution < 1.29 is 121 Å². The molecule has 736 valence electrons. The van der Waals surface area contributed by atoms with Crippen molar-refractivity contribution in [1.29, 1.82) is 0 Å². The maximum absolute atomic E-state index is 14.2. The molecule has 6 heterocycles. The van der Waals surface area contributed by atoms with Crippen molar-refractivity contribution in [3.8, 4) is 0 Å². The van der Waals surface area contributed by atoms with E-state index in [1.165, 1.54) is 54.5 Å². The van der Waals surface area contributed by atoms with Crippen LogP contribution in [0.3, 0.4) is 0 Å². The lowest BCUT2D eigenvalue weighted by Gasteiger charge is -2.39. The molecule has 8 amide bonds. The minimum Gasteiger partial charge on any atom is -0.480 e. The molecule has 42 heteroatoms. The number of amides is 8. The highest BCUT2D eigenvalue weighted by Crippen LogP contribution is 2.44. The number of sulfone groups is 2. The van der Waals surface area contributed by atoms with Crippen LogP contribution in [0.2, 0.25) is 5.02 Å². The minimum atomic E-state index is -6.02. The number of imide groups is 4. The summed E-state index contributed by atoms with van der Waals surface area (Å²) in [5.41, 5.74) is 6.10. The van der Waals surface area contributed by atoms with Crippen molar-refractivity contribution >= 4 is 142 Å². The van der Waals surface area contributed by atoms with Gasteiger partial charge in [0.05, 0.1) is 92.3 Å². The number of hydrogen-bond donors (Lipinski definition) is 8. The maximum atomic E-state index is 14.2. The Kier molecular flexibility index (Phi) is 40.7. The third-order valence-corrected chi connectivity index (χ3v) is 27.3. The summed E-state index contributed by atoms with van der Waals surface area (Å²) in [7, 11) is -10.6. The van der Waals surface area contributed by atoms with Crippen molar-refractivity contribution in [3.63, 3.8) is 0 Å². The number of hydrogen-bond acceptors (Lipinski definition) is 31. The van der Waals surface area contributed by atoms with E-state index in [-0.39, 0.29) is 109 Å². The number of ketones is 3. The van der Waals surface area contributed by atoms with Crippen molar-refractivity contribution in [3.05, 3.63) is 177 Å². The molecule has 0 bridgehead atoms. The molecule has 6 aromatic rings. The fourth-order valence-electron chi connectivity index (χ4n) is 15.9. The Balaban J connectivity index is 0.000000222. The molecule has 0 spiro atoms. The van der Waals surface area contributed by atoms with Gasteiger partial charge in [-0.15, -0.1) is 11.8 Å². The second-order valence-electron chi connectivity index (χ2n) is 33.7. The highest BCUT2D eigenvalue weighted by Gasteiger charge is 2.50. The fourth-order valence-corrected chi connectivity index (χ4v) is 19.3. The van der Waals surface area contributed by atoms with Gasteiger partial charge in [0, 0.05) is 142 Å². The number of nitrogens with two attached hydrogens (primary N) is 1. The molecule has 4 fully saturated rings. The molecule has 0 saturated carbocycles. The Labute approximate surface area is 796 Å². The summed E-state index contributed by atoms with van der Waals surface area (Å²) in [6, 6.07) is 34.0. The number of piperazine rings is 2. The lowest BCUT2D eigenvalue weighted by Crippen LogP contribution is -2.54. The molecule has 1 aliphatic carbocycles. The number of anilines is 4. The number of alkyl halides is 3. The van der Waals surface area contributed by atoms with Gasteiger partial charge in [0.1, 0.15) is 42.6 Å². The first-order chi connectivity index (χ1) is 64.9. The van der Waals surface area contributed by atoms with Gasteiger partial charge in [-0.3, -0.25) is 78.1 Å². The number of halogens is 4.